The molecule has 20 heavy (non-hydrogen) atoms. The maximum Gasteiger partial charge on any atom is 0.359 e. The molecule has 0 spiro atoms. The predicted octanol–water partition coefficient (Wildman–Crippen LogP) is 3.75. The van der Waals surface area contributed by atoms with E-state index >= 15 is 0 Å². The van der Waals surface area contributed by atoms with E-state index in [4.69, 9.17) is 0 Å². The van der Waals surface area contributed by atoms with E-state index in [1.165, 1.54) is 17.1 Å². The molecule has 1 heterocycles. The lowest BCUT2D eigenvalue weighted by atomic mass is 10.1. The number of urea groups is 1. The predicted molar refractivity (Wildman–Crippen MR) is 86.5 cm³/mol. The molecule has 1 aliphatic rings. The van der Waals surface area contributed by atoms with Crippen LogP contribution in [0, 0.1) is 0 Å². The molecule has 0 aliphatic carbocycles. The Bertz CT molecular complexity index is 475. The number of aliphatic imine (C=N–C) groups is 1. The van der Waals surface area contributed by atoms with Gasteiger partial charge in [-0.25, -0.2) is 9.10 Å². The number of rotatable bonds is 1. The third-order valence-corrected chi connectivity index (χ3v) is 3.89. The number of thiol groups is 1. The van der Waals surface area contributed by atoms with Crippen molar-refractivity contribution in [1.82, 2.24) is 4.90 Å². The van der Waals surface area contributed by atoms with Crippen LogP contribution in [0.1, 0.15) is 32.1 Å². The summed E-state index contributed by atoms with van der Waals surface area (Å²) in [5.74, 6) is 0.865. The lowest BCUT2D eigenvalue weighted by Crippen LogP contribution is -2.31. The summed E-state index contributed by atoms with van der Waals surface area (Å²) in [7, 11) is 2.00. The van der Waals surface area contributed by atoms with E-state index in [0.717, 1.165) is 37.3 Å². The van der Waals surface area contributed by atoms with Crippen LogP contribution in [0.25, 0.3) is 0 Å². The fourth-order valence-electron chi connectivity index (χ4n) is 2.28. The monoisotopic (exact) mass is 291 g/mol. The lowest BCUT2D eigenvalue weighted by Gasteiger charge is -2.24. The van der Waals surface area contributed by atoms with E-state index in [-0.39, 0.29) is 6.03 Å². The second kappa shape index (κ2) is 7.33. The van der Waals surface area contributed by atoms with Gasteiger partial charge in [0.1, 0.15) is 5.84 Å². The van der Waals surface area contributed by atoms with Crippen molar-refractivity contribution in [3.05, 3.63) is 30.3 Å². The summed E-state index contributed by atoms with van der Waals surface area (Å²) < 4.78 is 1.29. The van der Waals surface area contributed by atoms with Crippen LogP contribution in [0.3, 0.4) is 0 Å². The SMILES string of the molecule is CN1CCCCCCC1=NC(=O)N(S)c1ccccc1. The highest BCUT2D eigenvalue weighted by Gasteiger charge is 2.15. The van der Waals surface area contributed by atoms with E-state index < -0.39 is 0 Å². The summed E-state index contributed by atoms with van der Waals surface area (Å²) in [5, 5.41) is 0. The number of carbonyl (C=O) groups excluding carboxylic acids is 1. The lowest BCUT2D eigenvalue weighted by molar-refractivity contribution is 0.257. The Balaban J connectivity index is 2.09. The molecule has 2 rings (SSSR count). The van der Waals surface area contributed by atoms with Crippen LogP contribution < -0.4 is 4.31 Å². The minimum absolute atomic E-state index is 0.332. The molecule has 5 heteroatoms. The first-order valence-electron chi connectivity index (χ1n) is 7.05. The summed E-state index contributed by atoms with van der Waals surface area (Å²) in [4.78, 5) is 18.5. The maximum absolute atomic E-state index is 12.2. The molecule has 0 atom stereocenters. The zero-order valence-electron chi connectivity index (χ0n) is 11.8. The van der Waals surface area contributed by atoms with Gasteiger partial charge in [0.2, 0.25) is 0 Å². The minimum atomic E-state index is -0.332. The number of carbonyl (C=O) groups is 1. The number of amides is 2. The Morgan fingerprint density at radius 1 is 1.20 bits per heavy atom. The second-order valence-electron chi connectivity index (χ2n) is 5.04. The van der Waals surface area contributed by atoms with Crippen LogP contribution in [-0.2, 0) is 0 Å². The van der Waals surface area contributed by atoms with Gasteiger partial charge in [-0.2, -0.15) is 4.99 Å². The smallest absolute Gasteiger partial charge is 0.359 e. The summed E-state index contributed by atoms with van der Waals surface area (Å²) in [5.41, 5.74) is 0.735. The number of amidine groups is 1. The van der Waals surface area contributed by atoms with Gasteiger partial charge in [-0.05, 0) is 25.0 Å². The first-order valence-corrected chi connectivity index (χ1v) is 7.45. The molecule has 1 aromatic carbocycles. The molecular formula is C15H21N3OS. The van der Waals surface area contributed by atoms with Crippen LogP contribution in [0.15, 0.2) is 35.3 Å². The van der Waals surface area contributed by atoms with Gasteiger partial charge in [-0.3, -0.25) is 0 Å². The van der Waals surface area contributed by atoms with Crippen LogP contribution in [-0.4, -0.2) is 30.4 Å². The fourth-order valence-corrected chi connectivity index (χ4v) is 2.46. The molecule has 1 fully saturated rings. The summed E-state index contributed by atoms with van der Waals surface area (Å²) in [6.07, 6.45) is 5.58. The molecule has 4 nitrogen and oxygen atoms in total. The van der Waals surface area contributed by atoms with Crippen molar-refractivity contribution in [3.8, 4) is 0 Å². The second-order valence-corrected chi connectivity index (χ2v) is 5.44. The summed E-state index contributed by atoms with van der Waals surface area (Å²) in [6.45, 7) is 0.962. The summed E-state index contributed by atoms with van der Waals surface area (Å²) in [6, 6.07) is 9.01. The van der Waals surface area contributed by atoms with Crippen LogP contribution in [0.4, 0.5) is 10.5 Å². The average molecular weight is 291 g/mol. The van der Waals surface area contributed by atoms with Crippen molar-refractivity contribution in [2.45, 2.75) is 32.1 Å². The highest BCUT2D eigenvalue weighted by atomic mass is 32.1. The third kappa shape index (κ3) is 4.00. The number of para-hydroxylation sites is 1. The number of benzene rings is 1. The average Bonchev–Trinajstić information content (AvgIpc) is 2.47. The van der Waals surface area contributed by atoms with Crippen molar-refractivity contribution in [1.29, 1.82) is 0 Å². The standard InChI is InChI=1S/C15H21N3OS/c1-17-12-8-3-2-7-11-14(17)16-15(19)18(20)13-9-5-4-6-10-13/h4-6,9-10,20H,2-3,7-8,11-12H2,1H3. The third-order valence-electron chi connectivity index (χ3n) is 3.49. The largest absolute Gasteiger partial charge is 0.363 e. The molecule has 0 unspecified atom stereocenters. The van der Waals surface area contributed by atoms with Crippen LogP contribution in [0.2, 0.25) is 0 Å². The van der Waals surface area contributed by atoms with E-state index in [0.29, 0.717) is 0 Å². The molecule has 0 aromatic heterocycles. The minimum Gasteiger partial charge on any atom is -0.363 e. The Labute approximate surface area is 126 Å². The molecule has 0 radical (unpaired) electrons. The van der Waals surface area contributed by atoms with Crippen LogP contribution >= 0.6 is 12.8 Å². The highest BCUT2D eigenvalue weighted by Crippen LogP contribution is 2.18. The van der Waals surface area contributed by atoms with Gasteiger partial charge in [-0.1, -0.05) is 43.9 Å². The van der Waals surface area contributed by atoms with Crippen LogP contribution in [0.5, 0.6) is 0 Å². The number of anilines is 1. The molecule has 1 aliphatic heterocycles. The number of hydrogen-bond acceptors (Lipinski definition) is 2. The van der Waals surface area contributed by atoms with Crippen molar-refractivity contribution >= 4 is 30.4 Å². The molecule has 108 valence electrons. The van der Waals surface area contributed by atoms with Gasteiger partial charge < -0.3 is 4.90 Å². The van der Waals surface area contributed by atoms with Gasteiger partial charge >= 0.3 is 6.03 Å². The van der Waals surface area contributed by atoms with Crippen molar-refractivity contribution in [2.75, 3.05) is 17.9 Å². The molecule has 0 saturated carbocycles. The van der Waals surface area contributed by atoms with Gasteiger partial charge in [0, 0.05) is 20.0 Å². The van der Waals surface area contributed by atoms with Crippen molar-refractivity contribution < 1.29 is 4.79 Å². The normalized spacial score (nSPS) is 18.5. The quantitative estimate of drug-likeness (QED) is 0.800. The van der Waals surface area contributed by atoms with E-state index in [2.05, 4.69) is 22.7 Å². The molecular weight excluding hydrogens is 270 g/mol. The first kappa shape index (κ1) is 14.9. The molecule has 0 bridgehead atoms. The number of nitrogens with zero attached hydrogens (tertiary/aromatic N) is 3. The summed E-state index contributed by atoms with van der Waals surface area (Å²) >= 11 is 4.25. The Morgan fingerprint density at radius 2 is 1.90 bits per heavy atom. The molecule has 0 N–H and O–H groups in total. The molecule has 1 aromatic rings. The van der Waals surface area contributed by atoms with Crippen molar-refractivity contribution in [3.63, 3.8) is 0 Å². The zero-order valence-corrected chi connectivity index (χ0v) is 12.7. The van der Waals surface area contributed by atoms with E-state index in [1.807, 2.05) is 37.4 Å². The van der Waals surface area contributed by atoms with E-state index in [1.54, 1.807) is 0 Å². The number of likely N-dealkylation sites (tertiary alicyclic amines) is 1. The Morgan fingerprint density at radius 3 is 2.65 bits per heavy atom. The fraction of sp³-hybridized carbons (Fsp3) is 0.467. The maximum atomic E-state index is 12.2. The van der Waals surface area contributed by atoms with Gasteiger partial charge in [-0.15, -0.1) is 0 Å². The Kier molecular flexibility index (Phi) is 5.47. The van der Waals surface area contributed by atoms with Gasteiger partial charge in [0.05, 0.1) is 5.69 Å². The highest BCUT2D eigenvalue weighted by molar-refractivity contribution is 7.82. The van der Waals surface area contributed by atoms with Gasteiger partial charge in [0.15, 0.2) is 0 Å². The molecule has 1 saturated heterocycles. The molecule has 2 amide bonds. The number of hydrogen-bond donors (Lipinski definition) is 1. The van der Waals surface area contributed by atoms with E-state index in [9.17, 15) is 4.79 Å². The topological polar surface area (TPSA) is 35.9 Å². The first-order chi connectivity index (χ1) is 9.68. The van der Waals surface area contributed by atoms with Crippen molar-refractivity contribution in [2.24, 2.45) is 4.99 Å². The zero-order chi connectivity index (χ0) is 14.4. The Hall–Kier alpha value is -1.49. The van der Waals surface area contributed by atoms with Gasteiger partial charge in [0.25, 0.3) is 0 Å².